The van der Waals surface area contributed by atoms with E-state index in [1.807, 2.05) is 31.2 Å². The Morgan fingerprint density at radius 1 is 1.07 bits per heavy atom. The van der Waals surface area contributed by atoms with Crippen LogP contribution in [0.5, 0.6) is 5.75 Å². The predicted molar refractivity (Wildman–Crippen MR) is 106 cm³/mol. The van der Waals surface area contributed by atoms with Crippen LogP contribution in [0.15, 0.2) is 60.9 Å². The Morgan fingerprint density at radius 3 is 2.22 bits per heavy atom. The monoisotopic (exact) mass is 362 g/mol. The van der Waals surface area contributed by atoms with Gasteiger partial charge >= 0.3 is 0 Å². The molecular weight excluding hydrogens is 336 g/mol. The van der Waals surface area contributed by atoms with E-state index in [1.54, 1.807) is 7.05 Å². The van der Waals surface area contributed by atoms with E-state index in [0.717, 1.165) is 37.0 Å². The molecule has 1 heterocycles. The summed E-state index contributed by atoms with van der Waals surface area (Å²) in [5.74, 6) is 0.985. The van der Waals surface area contributed by atoms with E-state index in [1.165, 1.54) is 16.0 Å². The smallest absolute Gasteiger partial charge is 0.242 e. The van der Waals surface area contributed by atoms with Crippen LogP contribution in [-0.4, -0.2) is 23.5 Å². The average molecular weight is 362 g/mol. The number of para-hydroxylation sites is 1. The van der Waals surface area contributed by atoms with Crippen molar-refractivity contribution in [3.63, 3.8) is 0 Å². The summed E-state index contributed by atoms with van der Waals surface area (Å²) in [5.41, 5.74) is 8.09. The quantitative estimate of drug-likeness (QED) is 0.889. The van der Waals surface area contributed by atoms with Crippen LogP contribution in [0.25, 0.3) is 0 Å². The van der Waals surface area contributed by atoms with E-state index in [9.17, 15) is 4.79 Å². The normalized spacial score (nSPS) is 22.3. The number of aryl methyl sites for hydroxylation is 2. The van der Waals surface area contributed by atoms with Gasteiger partial charge in [-0.25, -0.2) is 0 Å². The van der Waals surface area contributed by atoms with Gasteiger partial charge in [0.25, 0.3) is 0 Å². The Labute approximate surface area is 160 Å². The molecule has 27 heavy (non-hydrogen) atoms. The molecule has 4 rings (SSSR count). The minimum atomic E-state index is -0.817. The molecule has 0 saturated heterocycles. The third-order valence-corrected chi connectivity index (χ3v) is 6.52. The lowest BCUT2D eigenvalue weighted by Crippen LogP contribution is -2.58. The molecule has 2 aromatic rings. The lowest BCUT2D eigenvalue weighted by Gasteiger charge is -2.42. The minimum absolute atomic E-state index is 0.0640. The molecule has 1 aliphatic carbocycles. The summed E-state index contributed by atoms with van der Waals surface area (Å²) in [6.45, 7) is 5.77. The summed E-state index contributed by atoms with van der Waals surface area (Å²) in [6, 6.07) is 16.4. The van der Waals surface area contributed by atoms with Gasteiger partial charge in [-0.15, -0.1) is 0 Å². The first-order valence-electron chi connectivity index (χ1n) is 9.47. The van der Waals surface area contributed by atoms with Crippen molar-refractivity contribution < 1.29 is 9.53 Å². The molecular formula is C23H26N2O2. The number of fused-ring (bicyclic) bond motifs is 2. The molecule has 0 radical (unpaired) electrons. The van der Waals surface area contributed by atoms with Gasteiger partial charge in [0.2, 0.25) is 5.91 Å². The van der Waals surface area contributed by atoms with Crippen molar-refractivity contribution in [3.8, 4) is 5.75 Å². The highest BCUT2D eigenvalue weighted by molar-refractivity contribution is 5.92. The van der Waals surface area contributed by atoms with E-state index < -0.39 is 11.0 Å². The summed E-state index contributed by atoms with van der Waals surface area (Å²) in [7, 11) is 1.69. The Kier molecular flexibility index (Phi) is 4.02. The second kappa shape index (κ2) is 6.15. The zero-order valence-corrected chi connectivity index (χ0v) is 16.0. The molecule has 140 valence electrons. The maximum absolute atomic E-state index is 13.6. The summed E-state index contributed by atoms with van der Waals surface area (Å²) in [5, 5.41) is 0. The van der Waals surface area contributed by atoms with Crippen LogP contribution in [-0.2, 0) is 23.1 Å². The van der Waals surface area contributed by atoms with Crippen molar-refractivity contribution in [1.29, 1.82) is 0 Å². The lowest BCUT2D eigenvalue weighted by molar-refractivity contribution is -0.141. The number of benzene rings is 2. The largest absolute Gasteiger partial charge is 0.485 e. The highest BCUT2D eigenvalue weighted by Gasteiger charge is 2.62. The van der Waals surface area contributed by atoms with Crippen LogP contribution >= 0.6 is 0 Å². The molecule has 4 heteroatoms. The fraction of sp³-hybridized carbons (Fsp3) is 0.348. The van der Waals surface area contributed by atoms with Crippen LogP contribution < -0.4 is 10.5 Å². The highest BCUT2D eigenvalue weighted by Crippen LogP contribution is 2.55. The molecule has 1 amide bonds. The Balaban J connectivity index is 1.83. The maximum atomic E-state index is 13.6. The van der Waals surface area contributed by atoms with Gasteiger partial charge in [0.05, 0.1) is 5.82 Å². The number of nitrogens with two attached hydrogens (primary N) is 1. The van der Waals surface area contributed by atoms with Gasteiger partial charge in [-0.2, -0.15) is 0 Å². The first-order valence-corrected chi connectivity index (χ1v) is 9.47. The second-order valence-electron chi connectivity index (χ2n) is 7.84. The fourth-order valence-electron chi connectivity index (χ4n) is 4.75. The molecule has 1 atom stereocenters. The standard InChI is InChI=1S/C23H26N2O2/c1-16(24)25(3)21(26)22(2)19-10-6-7-11-20(19)27-23(22)14-12-17-8-4-5-9-18(17)13-15-23/h4-11H,1,12-15,24H2,2-3H3. The van der Waals surface area contributed by atoms with E-state index in [0.29, 0.717) is 0 Å². The third kappa shape index (κ3) is 2.47. The van der Waals surface area contributed by atoms with Crippen LogP contribution in [0.1, 0.15) is 36.5 Å². The molecule has 1 spiro atoms. The van der Waals surface area contributed by atoms with Crippen LogP contribution in [0.3, 0.4) is 0 Å². The lowest BCUT2D eigenvalue weighted by atomic mass is 9.65. The SMILES string of the molecule is C=C(N)N(C)C(=O)C1(C)c2ccccc2OC12CCc1ccccc1CC2. The van der Waals surface area contributed by atoms with Crippen molar-refractivity contribution >= 4 is 5.91 Å². The Morgan fingerprint density at radius 2 is 1.63 bits per heavy atom. The second-order valence-corrected chi connectivity index (χ2v) is 7.84. The third-order valence-electron chi connectivity index (χ3n) is 6.52. The van der Waals surface area contributed by atoms with E-state index in [-0.39, 0.29) is 11.7 Å². The molecule has 0 aromatic heterocycles. The maximum Gasteiger partial charge on any atom is 0.242 e. The van der Waals surface area contributed by atoms with Crippen molar-refractivity contribution in [2.75, 3.05) is 7.05 Å². The molecule has 1 aliphatic heterocycles. The number of ether oxygens (including phenoxy) is 1. The van der Waals surface area contributed by atoms with Crippen LogP contribution in [0.4, 0.5) is 0 Å². The number of amides is 1. The van der Waals surface area contributed by atoms with Crippen molar-refractivity contribution in [1.82, 2.24) is 4.90 Å². The number of hydrogen-bond donors (Lipinski definition) is 1. The van der Waals surface area contributed by atoms with Gasteiger partial charge in [-0.3, -0.25) is 4.79 Å². The highest BCUT2D eigenvalue weighted by atomic mass is 16.5. The number of rotatable bonds is 2. The van der Waals surface area contributed by atoms with Crippen molar-refractivity contribution in [2.24, 2.45) is 5.73 Å². The number of carbonyl (C=O) groups excluding carboxylic acids is 1. The van der Waals surface area contributed by atoms with Gasteiger partial charge in [0.1, 0.15) is 16.8 Å². The molecule has 2 N–H and O–H groups in total. The van der Waals surface area contributed by atoms with Gasteiger partial charge < -0.3 is 15.4 Å². The summed E-state index contributed by atoms with van der Waals surface area (Å²) in [4.78, 5) is 15.1. The Hall–Kier alpha value is -2.75. The van der Waals surface area contributed by atoms with Gasteiger partial charge in [-0.05, 0) is 49.8 Å². The van der Waals surface area contributed by atoms with Gasteiger partial charge in [0.15, 0.2) is 0 Å². The van der Waals surface area contributed by atoms with Crippen LogP contribution in [0.2, 0.25) is 0 Å². The molecule has 0 saturated carbocycles. The van der Waals surface area contributed by atoms with E-state index >= 15 is 0 Å². The zero-order chi connectivity index (χ0) is 19.2. The fourth-order valence-corrected chi connectivity index (χ4v) is 4.75. The number of likely N-dealkylation sites (N-methyl/N-ethyl adjacent to an activating group) is 1. The zero-order valence-electron chi connectivity index (χ0n) is 16.0. The molecule has 2 aromatic carbocycles. The Bertz CT molecular complexity index is 893. The number of hydrogen-bond acceptors (Lipinski definition) is 3. The molecule has 4 nitrogen and oxygen atoms in total. The topological polar surface area (TPSA) is 55.6 Å². The first kappa shape index (κ1) is 17.7. The van der Waals surface area contributed by atoms with E-state index in [2.05, 4.69) is 30.8 Å². The summed E-state index contributed by atoms with van der Waals surface area (Å²) < 4.78 is 6.60. The predicted octanol–water partition coefficient (Wildman–Crippen LogP) is 3.54. The number of nitrogens with zero attached hydrogens (tertiary/aromatic N) is 1. The van der Waals surface area contributed by atoms with E-state index in [4.69, 9.17) is 10.5 Å². The molecule has 0 fully saturated rings. The van der Waals surface area contributed by atoms with Crippen molar-refractivity contribution in [3.05, 3.63) is 77.6 Å². The summed E-state index contributed by atoms with van der Waals surface area (Å²) >= 11 is 0. The average Bonchev–Trinajstić information content (AvgIpc) is 2.80. The molecule has 2 aliphatic rings. The minimum Gasteiger partial charge on any atom is -0.485 e. The van der Waals surface area contributed by atoms with Gasteiger partial charge in [0, 0.05) is 12.6 Å². The van der Waals surface area contributed by atoms with Crippen molar-refractivity contribution in [2.45, 2.75) is 43.6 Å². The molecule has 1 unspecified atom stereocenters. The van der Waals surface area contributed by atoms with Crippen LogP contribution in [0, 0.1) is 0 Å². The van der Waals surface area contributed by atoms with Gasteiger partial charge in [-0.1, -0.05) is 49.0 Å². The molecule has 0 bridgehead atoms. The number of carbonyl (C=O) groups is 1. The summed E-state index contributed by atoms with van der Waals surface area (Å²) in [6.07, 6.45) is 3.35. The first-order chi connectivity index (χ1) is 12.9.